The zero-order valence-electron chi connectivity index (χ0n) is 11.4. The highest BCUT2D eigenvalue weighted by Gasteiger charge is 2.57. The van der Waals surface area contributed by atoms with E-state index in [2.05, 4.69) is 20.4 Å². The van der Waals surface area contributed by atoms with Gasteiger partial charge >= 0.3 is 0 Å². The Morgan fingerprint density at radius 2 is 1.88 bits per heavy atom. The van der Waals surface area contributed by atoms with E-state index in [1.807, 2.05) is 6.92 Å². The standard InChI is InChI=1S/C15H26O2/c1-10(2)12-5-7-14(4)8-6-13(16)11(3)15(14,17)9-12/h11-13,16-17H,1,5-9H2,2-4H3/t11-,12+,13-,14-,15+/m0/s1. The molecule has 98 valence electrons. The summed E-state index contributed by atoms with van der Waals surface area (Å²) in [6.45, 7) is 10.3. The van der Waals surface area contributed by atoms with Crippen molar-refractivity contribution in [2.24, 2.45) is 17.3 Å². The van der Waals surface area contributed by atoms with Gasteiger partial charge in [-0.1, -0.05) is 26.0 Å². The smallest absolute Gasteiger partial charge is 0.0756 e. The van der Waals surface area contributed by atoms with Gasteiger partial charge in [0.1, 0.15) is 0 Å². The van der Waals surface area contributed by atoms with Crippen LogP contribution in [-0.4, -0.2) is 21.9 Å². The molecule has 0 aromatic rings. The number of fused-ring (bicyclic) bond motifs is 1. The molecule has 2 saturated carbocycles. The van der Waals surface area contributed by atoms with E-state index in [0.29, 0.717) is 5.92 Å². The van der Waals surface area contributed by atoms with Gasteiger partial charge < -0.3 is 10.2 Å². The number of hydrogen-bond donors (Lipinski definition) is 2. The molecule has 17 heavy (non-hydrogen) atoms. The maximum absolute atomic E-state index is 11.1. The van der Waals surface area contributed by atoms with Crippen LogP contribution in [0.15, 0.2) is 12.2 Å². The highest BCUT2D eigenvalue weighted by molar-refractivity contribution is 5.12. The fraction of sp³-hybridized carbons (Fsp3) is 0.867. The summed E-state index contributed by atoms with van der Waals surface area (Å²) < 4.78 is 0. The lowest BCUT2D eigenvalue weighted by Crippen LogP contribution is -2.61. The Morgan fingerprint density at radius 1 is 1.29 bits per heavy atom. The second-order valence-electron chi connectivity index (χ2n) is 6.67. The largest absolute Gasteiger partial charge is 0.393 e. The van der Waals surface area contributed by atoms with E-state index in [1.54, 1.807) is 0 Å². The number of aliphatic hydroxyl groups excluding tert-OH is 1. The average Bonchev–Trinajstić information content (AvgIpc) is 2.27. The van der Waals surface area contributed by atoms with Crippen molar-refractivity contribution in [2.45, 2.75) is 64.6 Å². The van der Waals surface area contributed by atoms with Gasteiger partial charge in [0.25, 0.3) is 0 Å². The second kappa shape index (κ2) is 4.10. The van der Waals surface area contributed by atoms with Crippen molar-refractivity contribution in [3.8, 4) is 0 Å². The van der Waals surface area contributed by atoms with Crippen molar-refractivity contribution >= 4 is 0 Å². The van der Waals surface area contributed by atoms with Crippen molar-refractivity contribution in [1.29, 1.82) is 0 Å². The molecule has 0 heterocycles. The first-order valence-electron chi connectivity index (χ1n) is 6.86. The minimum atomic E-state index is -0.716. The van der Waals surface area contributed by atoms with Crippen LogP contribution in [0.1, 0.15) is 52.9 Å². The molecule has 2 aliphatic carbocycles. The predicted octanol–water partition coefficient (Wildman–Crippen LogP) is 2.89. The fourth-order valence-electron chi connectivity index (χ4n) is 3.97. The summed E-state index contributed by atoms with van der Waals surface area (Å²) in [6.07, 6.45) is 4.39. The molecule has 0 unspecified atom stereocenters. The maximum atomic E-state index is 11.1. The van der Waals surface area contributed by atoms with Crippen LogP contribution in [-0.2, 0) is 0 Å². The van der Waals surface area contributed by atoms with Gasteiger partial charge in [-0.15, -0.1) is 0 Å². The van der Waals surface area contributed by atoms with Crippen molar-refractivity contribution in [2.75, 3.05) is 0 Å². The van der Waals surface area contributed by atoms with Crippen molar-refractivity contribution < 1.29 is 10.2 Å². The van der Waals surface area contributed by atoms with Crippen LogP contribution in [0.5, 0.6) is 0 Å². The second-order valence-corrected chi connectivity index (χ2v) is 6.67. The maximum Gasteiger partial charge on any atom is 0.0756 e. The summed E-state index contributed by atoms with van der Waals surface area (Å²) in [6, 6.07) is 0. The van der Waals surface area contributed by atoms with E-state index < -0.39 is 5.60 Å². The van der Waals surface area contributed by atoms with Gasteiger partial charge in [0.2, 0.25) is 0 Å². The molecule has 2 rings (SSSR count). The lowest BCUT2D eigenvalue weighted by Gasteiger charge is -2.58. The van der Waals surface area contributed by atoms with Gasteiger partial charge in [-0.25, -0.2) is 0 Å². The summed E-state index contributed by atoms with van der Waals surface area (Å²) in [4.78, 5) is 0. The summed E-state index contributed by atoms with van der Waals surface area (Å²) in [5.41, 5.74) is 0.442. The normalized spacial score (nSPS) is 50.8. The molecule has 2 N–H and O–H groups in total. The molecule has 0 saturated heterocycles. The number of aliphatic hydroxyl groups is 2. The molecule has 0 aromatic carbocycles. The van der Waals surface area contributed by atoms with E-state index in [-0.39, 0.29) is 17.4 Å². The Labute approximate surface area is 105 Å². The molecule has 0 bridgehead atoms. The molecule has 0 spiro atoms. The summed E-state index contributed by atoms with van der Waals surface area (Å²) >= 11 is 0. The lowest BCUT2D eigenvalue weighted by molar-refractivity contribution is -0.203. The van der Waals surface area contributed by atoms with Gasteiger partial charge in [-0.05, 0) is 50.4 Å². The minimum Gasteiger partial charge on any atom is -0.393 e. The number of rotatable bonds is 1. The third-order valence-electron chi connectivity index (χ3n) is 5.67. The number of allylic oxidation sites excluding steroid dienone is 1. The van der Waals surface area contributed by atoms with Crippen molar-refractivity contribution in [3.05, 3.63) is 12.2 Å². The first-order valence-corrected chi connectivity index (χ1v) is 6.86. The highest BCUT2D eigenvalue weighted by Crippen LogP contribution is 2.57. The minimum absolute atomic E-state index is 0.0163. The van der Waals surface area contributed by atoms with Crippen molar-refractivity contribution in [1.82, 2.24) is 0 Å². The van der Waals surface area contributed by atoms with E-state index in [9.17, 15) is 10.2 Å². The van der Waals surface area contributed by atoms with Crippen LogP contribution in [0.4, 0.5) is 0 Å². The highest BCUT2D eigenvalue weighted by atomic mass is 16.3. The Morgan fingerprint density at radius 3 is 2.47 bits per heavy atom. The Bertz CT molecular complexity index is 325. The van der Waals surface area contributed by atoms with Gasteiger partial charge in [0.05, 0.1) is 11.7 Å². The Balaban J connectivity index is 2.29. The molecule has 0 amide bonds. The fourth-order valence-corrected chi connectivity index (χ4v) is 3.97. The first-order chi connectivity index (χ1) is 7.80. The Hall–Kier alpha value is -0.340. The van der Waals surface area contributed by atoms with Crippen LogP contribution >= 0.6 is 0 Å². The molecule has 0 radical (unpaired) electrons. The molecule has 0 aliphatic heterocycles. The average molecular weight is 238 g/mol. The summed E-state index contributed by atoms with van der Waals surface area (Å²) in [5, 5.41) is 21.1. The summed E-state index contributed by atoms with van der Waals surface area (Å²) in [7, 11) is 0. The lowest BCUT2D eigenvalue weighted by atomic mass is 9.51. The van der Waals surface area contributed by atoms with Crippen LogP contribution in [0.3, 0.4) is 0 Å². The van der Waals surface area contributed by atoms with Crippen LogP contribution in [0.25, 0.3) is 0 Å². The molecule has 2 heteroatoms. The SMILES string of the molecule is C=C(C)[C@@H]1CC[C@@]2(C)CC[C@H](O)[C@H](C)[C@]2(O)C1. The number of hydrogen-bond acceptors (Lipinski definition) is 2. The molecular weight excluding hydrogens is 212 g/mol. The third-order valence-corrected chi connectivity index (χ3v) is 5.67. The molecule has 0 aromatic heterocycles. The van der Waals surface area contributed by atoms with E-state index >= 15 is 0 Å². The summed E-state index contributed by atoms with van der Waals surface area (Å²) in [5.74, 6) is 0.393. The van der Waals surface area contributed by atoms with Gasteiger partial charge in [0.15, 0.2) is 0 Å². The molecule has 5 atom stereocenters. The van der Waals surface area contributed by atoms with E-state index in [0.717, 1.165) is 32.1 Å². The van der Waals surface area contributed by atoms with Crippen LogP contribution < -0.4 is 0 Å². The molecule has 2 fully saturated rings. The molecular formula is C15H26O2. The molecule has 2 aliphatic rings. The monoisotopic (exact) mass is 238 g/mol. The first kappa shape index (κ1) is 13.1. The molecule has 2 nitrogen and oxygen atoms in total. The van der Waals surface area contributed by atoms with Gasteiger partial charge in [0, 0.05) is 5.92 Å². The quantitative estimate of drug-likeness (QED) is 0.690. The third kappa shape index (κ3) is 1.86. The van der Waals surface area contributed by atoms with Crippen LogP contribution in [0, 0.1) is 17.3 Å². The van der Waals surface area contributed by atoms with Crippen molar-refractivity contribution in [3.63, 3.8) is 0 Å². The topological polar surface area (TPSA) is 40.5 Å². The van der Waals surface area contributed by atoms with Gasteiger partial charge in [-0.3, -0.25) is 0 Å². The zero-order valence-corrected chi connectivity index (χ0v) is 11.4. The zero-order chi connectivity index (χ0) is 12.8. The van der Waals surface area contributed by atoms with Crippen LogP contribution in [0.2, 0.25) is 0 Å². The predicted molar refractivity (Wildman–Crippen MR) is 69.6 cm³/mol. The Kier molecular flexibility index (Phi) is 3.16. The van der Waals surface area contributed by atoms with E-state index in [4.69, 9.17) is 0 Å². The van der Waals surface area contributed by atoms with Gasteiger partial charge in [-0.2, -0.15) is 0 Å². The van der Waals surface area contributed by atoms with E-state index in [1.165, 1.54) is 5.57 Å².